The van der Waals surface area contributed by atoms with Crippen molar-refractivity contribution >= 4 is 39.1 Å². The Morgan fingerprint density at radius 3 is 2.50 bits per heavy atom. The number of hydrogen-bond donors (Lipinski definition) is 1. The fourth-order valence-corrected chi connectivity index (χ4v) is 5.54. The molecule has 8 nitrogen and oxygen atoms in total. The van der Waals surface area contributed by atoms with Crippen LogP contribution < -0.4 is 9.62 Å². The minimum absolute atomic E-state index is 0.0545. The van der Waals surface area contributed by atoms with E-state index >= 15 is 0 Å². The van der Waals surface area contributed by atoms with Gasteiger partial charge in [-0.25, -0.2) is 12.7 Å². The minimum Gasteiger partial charge on any atom is -0.379 e. The van der Waals surface area contributed by atoms with Crippen LogP contribution in [0, 0.1) is 0 Å². The number of anilines is 1. The van der Waals surface area contributed by atoms with Crippen LogP contribution in [0.15, 0.2) is 48.5 Å². The highest BCUT2D eigenvalue weighted by atomic mass is 35.5. The van der Waals surface area contributed by atoms with Crippen LogP contribution in [0.2, 0.25) is 5.02 Å². The van der Waals surface area contributed by atoms with Gasteiger partial charge >= 0.3 is 0 Å². The Balaban J connectivity index is 1.51. The first-order valence-corrected chi connectivity index (χ1v) is 12.4. The highest BCUT2D eigenvalue weighted by Gasteiger charge is 2.36. The van der Waals surface area contributed by atoms with E-state index in [1.807, 2.05) is 24.3 Å². The number of halogens is 1. The number of ether oxygens (including phenoxy) is 1. The van der Waals surface area contributed by atoms with Gasteiger partial charge in [-0.2, -0.15) is 0 Å². The van der Waals surface area contributed by atoms with Crippen molar-refractivity contribution in [3.8, 4) is 0 Å². The molecule has 2 aliphatic heterocycles. The number of nitrogens with zero attached hydrogens (tertiary/aromatic N) is 2. The minimum atomic E-state index is -3.69. The number of hydrogen-bond acceptors (Lipinski definition) is 6. The first-order valence-electron chi connectivity index (χ1n) is 10.4. The quantitative estimate of drug-likeness (QED) is 0.685. The average molecular weight is 478 g/mol. The monoisotopic (exact) mass is 477 g/mol. The summed E-state index contributed by atoms with van der Waals surface area (Å²) in [5, 5.41) is 3.59. The zero-order valence-electron chi connectivity index (χ0n) is 17.4. The Labute approximate surface area is 192 Å². The molecule has 2 amide bonds. The van der Waals surface area contributed by atoms with Gasteiger partial charge in [0.25, 0.3) is 5.91 Å². The normalized spacial score (nSPS) is 19.7. The second kappa shape index (κ2) is 9.58. The molecule has 1 atom stereocenters. The average Bonchev–Trinajstić information content (AvgIpc) is 3.07. The summed E-state index contributed by atoms with van der Waals surface area (Å²) in [6.07, 6.45) is -0.0545. The van der Waals surface area contributed by atoms with Crippen LogP contribution in [0.4, 0.5) is 5.69 Å². The number of benzene rings is 2. The van der Waals surface area contributed by atoms with Crippen molar-refractivity contribution < 1.29 is 22.7 Å². The van der Waals surface area contributed by atoms with Gasteiger partial charge in [-0.05, 0) is 35.9 Å². The number of rotatable bonds is 6. The highest BCUT2D eigenvalue weighted by Crippen LogP contribution is 2.26. The van der Waals surface area contributed by atoms with E-state index in [1.54, 1.807) is 12.1 Å². The van der Waals surface area contributed by atoms with Crippen LogP contribution in [0.1, 0.15) is 28.4 Å². The van der Waals surface area contributed by atoms with Gasteiger partial charge in [0.1, 0.15) is 0 Å². The van der Waals surface area contributed by atoms with Gasteiger partial charge in [0.05, 0.1) is 30.7 Å². The number of nitrogens with one attached hydrogen (secondary N) is 1. The maximum absolute atomic E-state index is 12.9. The van der Waals surface area contributed by atoms with Crippen molar-refractivity contribution in [1.29, 1.82) is 0 Å². The fraction of sp³-hybridized carbons (Fsp3) is 0.364. The van der Waals surface area contributed by atoms with E-state index in [0.29, 0.717) is 24.8 Å². The van der Waals surface area contributed by atoms with Gasteiger partial charge in [0.15, 0.2) is 0 Å². The lowest BCUT2D eigenvalue weighted by molar-refractivity contribution is -0.116. The van der Waals surface area contributed by atoms with Gasteiger partial charge in [0.2, 0.25) is 15.9 Å². The van der Waals surface area contributed by atoms with Gasteiger partial charge in [-0.15, -0.1) is 0 Å². The predicted molar refractivity (Wildman–Crippen MR) is 121 cm³/mol. The number of carbonyl (C=O) groups is 2. The van der Waals surface area contributed by atoms with Crippen molar-refractivity contribution in [3.63, 3.8) is 0 Å². The molecule has 10 heteroatoms. The lowest BCUT2D eigenvalue weighted by Crippen LogP contribution is -2.43. The summed E-state index contributed by atoms with van der Waals surface area (Å²) in [7, 11) is -3.69. The molecule has 2 aromatic rings. The summed E-state index contributed by atoms with van der Waals surface area (Å²) in [4.78, 5) is 27.2. The van der Waals surface area contributed by atoms with Crippen LogP contribution >= 0.6 is 11.6 Å². The largest absolute Gasteiger partial charge is 0.379 e. The lowest BCUT2D eigenvalue weighted by atomic mass is 10.0. The Bertz CT molecular complexity index is 1100. The summed E-state index contributed by atoms with van der Waals surface area (Å²) in [5.74, 6) is -1.05. The third kappa shape index (κ3) is 4.96. The SMILES string of the molecule is O=C(NC[C@@H](c1ccc(Cl)cc1)N1CCOCC1)c1cccc(N2C(=O)CCS2(=O)=O)c1. The molecule has 2 heterocycles. The van der Waals surface area contributed by atoms with Crippen LogP contribution in [0.5, 0.6) is 0 Å². The molecular formula is C22H24ClN3O5S. The van der Waals surface area contributed by atoms with E-state index in [2.05, 4.69) is 10.2 Å². The molecule has 0 spiro atoms. The zero-order valence-corrected chi connectivity index (χ0v) is 18.9. The molecule has 0 saturated carbocycles. The summed E-state index contributed by atoms with van der Waals surface area (Å²) < 4.78 is 30.6. The molecule has 2 aromatic carbocycles. The molecule has 0 bridgehead atoms. The Kier molecular flexibility index (Phi) is 6.80. The number of sulfonamides is 1. The van der Waals surface area contributed by atoms with Crippen molar-refractivity contribution in [3.05, 3.63) is 64.7 Å². The molecular weight excluding hydrogens is 454 g/mol. The molecule has 2 aliphatic rings. The van der Waals surface area contributed by atoms with E-state index in [0.717, 1.165) is 23.0 Å². The maximum atomic E-state index is 12.9. The maximum Gasteiger partial charge on any atom is 0.251 e. The molecule has 0 radical (unpaired) electrons. The van der Waals surface area contributed by atoms with Crippen molar-refractivity contribution in [1.82, 2.24) is 10.2 Å². The van der Waals surface area contributed by atoms with Gasteiger partial charge < -0.3 is 10.1 Å². The molecule has 1 N–H and O–H groups in total. The number of carbonyl (C=O) groups excluding carboxylic acids is 2. The smallest absolute Gasteiger partial charge is 0.251 e. The van der Waals surface area contributed by atoms with E-state index in [-0.39, 0.29) is 35.4 Å². The van der Waals surface area contributed by atoms with Crippen molar-refractivity contribution in [2.24, 2.45) is 0 Å². The second-order valence-corrected chi connectivity index (χ2v) is 10.1. The first-order chi connectivity index (χ1) is 15.3. The zero-order chi connectivity index (χ0) is 22.7. The molecule has 170 valence electrons. The van der Waals surface area contributed by atoms with E-state index < -0.39 is 15.9 Å². The molecule has 2 saturated heterocycles. The molecule has 2 fully saturated rings. The highest BCUT2D eigenvalue weighted by molar-refractivity contribution is 7.94. The molecule has 0 aromatic heterocycles. The topological polar surface area (TPSA) is 96.0 Å². The summed E-state index contributed by atoms with van der Waals surface area (Å²) in [5.41, 5.74) is 1.50. The summed E-state index contributed by atoms with van der Waals surface area (Å²) >= 11 is 6.03. The molecule has 32 heavy (non-hydrogen) atoms. The number of morpholine rings is 1. The summed E-state index contributed by atoms with van der Waals surface area (Å²) in [6.45, 7) is 3.09. The second-order valence-electron chi connectivity index (χ2n) is 7.70. The van der Waals surface area contributed by atoms with E-state index in [9.17, 15) is 18.0 Å². The lowest BCUT2D eigenvalue weighted by Gasteiger charge is -2.35. The third-order valence-corrected chi connectivity index (χ3v) is 7.56. The van der Waals surface area contributed by atoms with Crippen LogP contribution in [-0.4, -0.2) is 63.7 Å². The van der Waals surface area contributed by atoms with Crippen LogP contribution in [0.25, 0.3) is 0 Å². The van der Waals surface area contributed by atoms with Crippen molar-refractivity contribution in [2.45, 2.75) is 12.5 Å². The summed E-state index contributed by atoms with van der Waals surface area (Å²) in [6, 6.07) is 13.6. The molecule has 4 rings (SSSR count). The first kappa shape index (κ1) is 22.7. The molecule has 0 aliphatic carbocycles. The Morgan fingerprint density at radius 1 is 1.12 bits per heavy atom. The predicted octanol–water partition coefficient (Wildman–Crippen LogP) is 2.21. The van der Waals surface area contributed by atoms with Gasteiger partial charge in [0, 0.05) is 36.6 Å². The van der Waals surface area contributed by atoms with Crippen LogP contribution in [-0.2, 0) is 19.6 Å². The van der Waals surface area contributed by atoms with Gasteiger partial charge in [-0.1, -0.05) is 29.8 Å². The Hall–Kier alpha value is -2.46. The van der Waals surface area contributed by atoms with Crippen LogP contribution in [0.3, 0.4) is 0 Å². The van der Waals surface area contributed by atoms with E-state index in [4.69, 9.17) is 16.3 Å². The van der Waals surface area contributed by atoms with Gasteiger partial charge in [-0.3, -0.25) is 14.5 Å². The number of amides is 2. The van der Waals surface area contributed by atoms with E-state index in [1.165, 1.54) is 12.1 Å². The standard InChI is InChI=1S/C22H24ClN3O5S/c23-18-6-4-16(5-7-18)20(25-9-11-31-12-10-25)15-24-22(28)17-2-1-3-19(14-17)26-21(27)8-13-32(26,29)30/h1-7,14,20H,8-13,15H2,(H,24,28)/t20-/m0/s1. The third-order valence-electron chi connectivity index (χ3n) is 5.62. The Morgan fingerprint density at radius 2 is 1.84 bits per heavy atom. The molecule has 0 unspecified atom stereocenters. The van der Waals surface area contributed by atoms with Crippen molar-refractivity contribution in [2.75, 3.05) is 42.9 Å². The fourth-order valence-electron chi connectivity index (χ4n) is 3.97.